The molecule has 0 bridgehead atoms. The molecule has 0 amide bonds. The summed E-state index contributed by atoms with van der Waals surface area (Å²) in [4.78, 5) is 9.13. The predicted molar refractivity (Wildman–Crippen MR) is 67.6 cm³/mol. The van der Waals surface area contributed by atoms with Crippen molar-refractivity contribution < 1.29 is 22.6 Å². The highest BCUT2D eigenvalue weighted by Crippen LogP contribution is 2.14. The number of fused-ring (bicyclic) bond motifs is 1. The first-order chi connectivity index (χ1) is 9.39. The third-order valence-electron chi connectivity index (χ3n) is 2.47. The minimum Gasteiger partial charge on any atom is -0.331 e. The summed E-state index contributed by atoms with van der Waals surface area (Å²) in [7, 11) is -4.09. The highest BCUT2D eigenvalue weighted by molar-refractivity contribution is 7.85. The van der Waals surface area contributed by atoms with E-state index in [9.17, 15) is 18.5 Å². The van der Waals surface area contributed by atoms with Crippen LogP contribution in [-0.2, 0) is 20.2 Å². The summed E-state index contributed by atoms with van der Waals surface area (Å²) in [5, 5.41) is 23.7. The number of nitrogens with zero attached hydrogens (tertiary/aromatic N) is 3. The van der Waals surface area contributed by atoms with Crippen LogP contribution in [0.3, 0.4) is 0 Å². The number of rotatable bonds is 6. The van der Waals surface area contributed by atoms with Gasteiger partial charge in [0.2, 0.25) is 0 Å². The van der Waals surface area contributed by atoms with E-state index in [0.29, 0.717) is 5.52 Å². The molecule has 9 nitrogen and oxygen atoms in total. The summed E-state index contributed by atoms with van der Waals surface area (Å²) < 4.78 is 28.9. The van der Waals surface area contributed by atoms with Gasteiger partial charge in [-0.2, -0.15) is 13.5 Å². The van der Waals surface area contributed by atoms with Crippen molar-refractivity contribution >= 4 is 21.0 Å². The van der Waals surface area contributed by atoms with Gasteiger partial charge < -0.3 is 5.11 Å². The molecule has 0 fully saturated rings. The van der Waals surface area contributed by atoms with Crippen LogP contribution in [0, 0.1) is 10.1 Å². The van der Waals surface area contributed by atoms with E-state index in [4.69, 9.17) is 5.11 Å². The van der Waals surface area contributed by atoms with E-state index in [1.165, 1.54) is 10.9 Å². The zero-order valence-corrected chi connectivity index (χ0v) is 10.9. The summed E-state index contributed by atoms with van der Waals surface area (Å²) >= 11 is 0. The second kappa shape index (κ2) is 5.53. The number of nitro groups is 1. The molecule has 1 aromatic heterocycles. The number of hydrogen-bond acceptors (Lipinski definition) is 7. The van der Waals surface area contributed by atoms with Gasteiger partial charge in [-0.3, -0.25) is 14.3 Å². The van der Waals surface area contributed by atoms with Crippen LogP contribution in [0.1, 0.15) is 0 Å². The van der Waals surface area contributed by atoms with Crippen molar-refractivity contribution in [1.29, 1.82) is 0 Å². The van der Waals surface area contributed by atoms with Crippen LogP contribution in [0.2, 0.25) is 0 Å². The monoisotopic (exact) mass is 301 g/mol. The molecule has 10 heteroatoms. The lowest BCUT2D eigenvalue weighted by Gasteiger charge is -2.07. The number of para-hydroxylation sites is 1. The van der Waals surface area contributed by atoms with Crippen LogP contribution in [-0.4, -0.2) is 41.1 Å². The number of aliphatic hydroxyl groups is 1. The number of aromatic nitrogens is 2. The van der Waals surface area contributed by atoms with E-state index in [-0.39, 0.29) is 0 Å². The van der Waals surface area contributed by atoms with Crippen molar-refractivity contribution in [3.8, 4) is 0 Å². The maximum atomic E-state index is 11.7. The van der Waals surface area contributed by atoms with Crippen LogP contribution >= 0.6 is 0 Å². The van der Waals surface area contributed by atoms with E-state index in [1.807, 2.05) is 0 Å². The van der Waals surface area contributed by atoms with E-state index in [1.54, 1.807) is 24.3 Å². The van der Waals surface area contributed by atoms with Gasteiger partial charge >= 0.3 is 6.23 Å². The lowest BCUT2D eigenvalue weighted by atomic mass is 10.3. The van der Waals surface area contributed by atoms with Crippen LogP contribution in [0.5, 0.6) is 0 Å². The quantitative estimate of drug-likeness (QED) is 0.343. The van der Waals surface area contributed by atoms with Crippen LogP contribution in [0.25, 0.3) is 10.9 Å². The van der Waals surface area contributed by atoms with E-state index in [2.05, 4.69) is 9.28 Å². The third kappa shape index (κ3) is 3.29. The number of aliphatic hydroxyl groups excluding tert-OH is 1. The van der Waals surface area contributed by atoms with Crippen molar-refractivity contribution in [1.82, 2.24) is 9.78 Å². The highest BCUT2D eigenvalue weighted by Gasteiger charge is 2.22. The Morgan fingerprint density at radius 1 is 1.45 bits per heavy atom. The average Bonchev–Trinajstić information content (AvgIpc) is 2.79. The number of hydrogen-bond donors (Lipinski definition) is 1. The molecule has 2 aromatic rings. The summed E-state index contributed by atoms with van der Waals surface area (Å²) in [6.45, 7) is -0.936. The lowest BCUT2D eigenvalue weighted by molar-refractivity contribution is -0.572. The first-order valence-electron chi connectivity index (χ1n) is 5.48. The number of benzene rings is 1. The molecule has 2 rings (SSSR count). The largest absolute Gasteiger partial charge is 0.337 e. The fourth-order valence-electron chi connectivity index (χ4n) is 1.54. The standard InChI is InChI=1S/C10H11N3O6S/c14-10(13(15)16)6-19-20(17,18)7-12-9-4-2-1-3-8(9)5-11-12/h1-5,10,14H,6-7H2. The van der Waals surface area contributed by atoms with Gasteiger partial charge in [-0.05, 0) is 6.07 Å². The molecule has 20 heavy (non-hydrogen) atoms. The molecule has 1 atom stereocenters. The molecule has 1 heterocycles. The van der Waals surface area contributed by atoms with Crippen molar-refractivity contribution in [2.45, 2.75) is 12.1 Å². The zero-order chi connectivity index (χ0) is 14.8. The Labute approximate surface area is 113 Å². The summed E-state index contributed by atoms with van der Waals surface area (Å²) in [5.41, 5.74) is 0.592. The van der Waals surface area contributed by atoms with Crippen molar-refractivity contribution in [3.63, 3.8) is 0 Å². The highest BCUT2D eigenvalue weighted by atomic mass is 32.2. The summed E-state index contributed by atoms with van der Waals surface area (Å²) in [6, 6.07) is 6.96. The van der Waals surface area contributed by atoms with Gasteiger partial charge in [0, 0.05) is 5.39 Å². The zero-order valence-electron chi connectivity index (χ0n) is 10.1. The maximum absolute atomic E-state index is 11.7. The second-order valence-electron chi connectivity index (χ2n) is 3.94. The molecule has 1 aromatic carbocycles. The molecule has 0 aliphatic heterocycles. The Hall–Kier alpha value is -2.04. The Bertz CT molecular complexity index is 725. The fourth-order valence-corrected chi connectivity index (χ4v) is 2.45. The second-order valence-corrected chi connectivity index (χ2v) is 5.55. The molecule has 1 N–H and O–H groups in total. The summed E-state index contributed by atoms with van der Waals surface area (Å²) in [6.07, 6.45) is -0.587. The van der Waals surface area contributed by atoms with E-state index in [0.717, 1.165) is 5.39 Å². The van der Waals surface area contributed by atoms with Gasteiger partial charge in [0.15, 0.2) is 12.5 Å². The van der Waals surface area contributed by atoms with E-state index < -0.39 is 33.8 Å². The van der Waals surface area contributed by atoms with Crippen molar-refractivity contribution in [2.75, 3.05) is 6.61 Å². The molecular weight excluding hydrogens is 290 g/mol. The van der Waals surface area contributed by atoms with Gasteiger partial charge in [-0.15, -0.1) is 0 Å². The Kier molecular flexibility index (Phi) is 3.97. The van der Waals surface area contributed by atoms with Gasteiger partial charge in [-0.25, -0.2) is 4.68 Å². The minimum atomic E-state index is -4.09. The molecule has 0 saturated heterocycles. The lowest BCUT2D eigenvalue weighted by Crippen LogP contribution is -2.27. The Morgan fingerprint density at radius 2 is 2.15 bits per heavy atom. The molecule has 0 radical (unpaired) electrons. The Balaban J connectivity index is 2.10. The molecule has 108 valence electrons. The predicted octanol–water partition coefficient (Wildman–Crippen LogP) is -0.0647. The molecule has 0 aliphatic rings. The molecular formula is C10H11N3O6S. The molecule has 0 spiro atoms. The van der Waals surface area contributed by atoms with Gasteiger partial charge in [-0.1, -0.05) is 18.2 Å². The first kappa shape index (κ1) is 14.4. The SMILES string of the molecule is O=[N+]([O-])C(O)COS(=O)(=O)Cn1ncc2ccccc21. The Morgan fingerprint density at radius 3 is 2.85 bits per heavy atom. The fraction of sp³-hybridized carbons (Fsp3) is 0.300. The minimum absolute atomic E-state index is 0.592. The smallest absolute Gasteiger partial charge is 0.331 e. The topological polar surface area (TPSA) is 125 Å². The van der Waals surface area contributed by atoms with Crippen LogP contribution in [0.15, 0.2) is 30.5 Å². The first-order valence-corrected chi connectivity index (χ1v) is 7.06. The van der Waals surface area contributed by atoms with Gasteiger partial charge in [0.25, 0.3) is 10.1 Å². The van der Waals surface area contributed by atoms with E-state index >= 15 is 0 Å². The van der Waals surface area contributed by atoms with Gasteiger partial charge in [0.1, 0.15) is 0 Å². The molecule has 0 aliphatic carbocycles. The maximum Gasteiger partial charge on any atom is 0.337 e. The molecule has 1 unspecified atom stereocenters. The molecule has 0 saturated carbocycles. The van der Waals surface area contributed by atoms with Crippen LogP contribution < -0.4 is 0 Å². The third-order valence-corrected chi connectivity index (χ3v) is 3.53. The van der Waals surface area contributed by atoms with Crippen LogP contribution in [0.4, 0.5) is 0 Å². The van der Waals surface area contributed by atoms with Crippen molar-refractivity contribution in [2.24, 2.45) is 0 Å². The van der Waals surface area contributed by atoms with Crippen molar-refractivity contribution in [3.05, 3.63) is 40.6 Å². The normalized spacial score (nSPS) is 13.4. The summed E-state index contributed by atoms with van der Waals surface area (Å²) in [5.74, 6) is -0.592. The van der Waals surface area contributed by atoms with Gasteiger partial charge in [0.05, 0.1) is 16.6 Å². The average molecular weight is 301 g/mol.